The van der Waals surface area contributed by atoms with Crippen molar-refractivity contribution in [3.05, 3.63) is 16.1 Å². The molecule has 1 aromatic rings. The Bertz CT molecular complexity index is 385. The summed E-state index contributed by atoms with van der Waals surface area (Å²) in [6.07, 6.45) is 1.22. The summed E-state index contributed by atoms with van der Waals surface area (Å²) in [6.45, 7) is 6.52. The normalized spacial score (nSPS) is 19.4. The lowest BCUT2D eigenvalue weighted by Gasteiger charge is -2.42. The van der Waals surface area contributed by atoms with Crippen molar-refractivity contribution in [2.75, 3.05) is 13.1 Å². The molecule has 0 radical (unpaired) electrons. The zero-order valence-electron chi connectivity index (χ0n) is 9.51. The first-order valence-electron chi connectivity index (χ1n) is 5.54. The van der Waals surface area contributed by atoms with Gasteiger partial charge in [0, 0.05) is 18.5 Å². The van der Waals surface area contributed by atoms with Crippen molar-refractivity contribution in [1.82, 2.24) is 9.88 Å². The van der Waals surface area contributed by atoms with Crippen LogP contribution in [0.4, 0.5) is 0 Å². The van der Waals surface area contributed by atoms with Gasteiger partial charge in [-0.2, -0.15) is 0 Å². The first kappa shape index (κ1) is 11.5. The number of carbonyl (C=O) groups is 1. The van der Waals surface area contributed by atoms with E-state index in [4.69, 9.17) is 5.11 Å². The van der Waals surface area contributed by atoms with Gasteiger partial charge >= 0.3 is 5.97 Å². The average molecular weight is 240 g/mol. The maximum Gasteiger partial charge on any atom is 0.355 e. The second kappa shape index (κ2) is 4.51. The van der Waals surface area contributed by atoms with Gasteiger partial charge < -0.3 is 5.11 Å². The highest BCUT2D eigenvalue weighted by Gasteiger charge is 2.31. The number of carboxylic acid groups (broad SMARTS) is 1. The van der Waals surface area contributed by atoms with Crippen LogP contribution in [0.2, 0.25) is 0 Å². The lowest BCUT2D eigenvalue weighted by atomic mass is 9.96. The molecular formula is C11H16N2O2S. The van der Waals surface area contributed by atoms with E-state index in [-0.39, 0.29) is 11.7 Å². The van der Waals surface area contributed by atoms with Crippen LogP contribution < -0.4 is 0 Å². The van der Waals surface area contributed by atoms with Crippen LogP contribution in [0.5, 0.6) is 0 Å². The van der Waals surface area contributed by atoms with Crippen LogP contribution in [0.3, 0.4) is 0 Å². The lowest BCUT2D eigenvalue weighted by Crippen LogP contribution is -2.47. The fraction of sp³-hybridized carbons (Fsp3) is 0.636. The molecule has 16 heavy (non-hydrogen) atoms. The number of likely N-dealkylation sites (tertiary alicyclic amines) is 1. The molecule has 1 fully saturated rings. The van der Waals surface area contributed by atoms with Crippen molar-refractivity contribution in [1.29, 1.82) is 0 Å². The van der Waals surface area contributed by atoms with Crippen LogP contribution in [-0.4, -0.2) is 34.0 Å². The second-order valence-electron chi connectivity index (χ2n) is 4.28. The minimum Gasteiger partial charge on any atom is -0.476 e. The number of thiazole rings is 1. The molecule has 0 bridgehead atoms. The molecule has 0 aromatic carbocycles. The third kappa shape index (κ3) is 2.10. The van der Waals surface area contributed by atoms with Gasteiger partial charge in [0.05, 0.1) is 6.04 Å². The number of rotatable bonds is 4. The van der Waals surface area contributed by atoms with E-state index in [0.29, 0.717) is 0 Å². The van der Waals surface area contributed by atoms with Gasteiger partial charge in [0.25, 0.3) is 0 Å². The standard InChI is InChI=1S/C11H16N2O2S/c1-3-8-4-13(5-8)7(2)10-12-9(6-16-10)11(14)15/h6-8H,3-5H2,1-2H3,(H,14,15). The number of aromatic nitrogens is 1. The summed E-state index contributed by atoms with van der Waals surface area (Å²) < 4.78 is 0. The van der Waals surface area contributed by atoms with Gasteiger partial charge in [0.2, 0.25) is 0 Å². The van der Waals surface area contributed by atoms with Crippen LogP contribution >= 0.6 is 11.3 Å². The van der Waals surface area contributed by atoms with E-state index in [1.165, 1.54) is 17.8 Å². The van der Waals surface area contributed by atoms with E-state index in [0.717, 1.165) is 24.0 Å². The fourth-order valence-corrected chi connectivity index (χ4v) is 2.80. The van der Waals surface area contributed by atoms with Crippen molar-refractivity contribution in [2.45, 2.75) is 26.3 Å². The number of carboxylic acids is 1. The summed E-state index contributed by atoms with van der Waals surface area (Å²) in [4.78, 5) is 17.2. The van der Waals surface area contributed by atoms with E-state index < -0.39 is 5.97 Å². The van der Waals surface area contributed by atoms with Gasteiger partial charge in [-0.25, -0.2) is 9.78 Å². The van der Waals surface area contributed by atoms with E-state index in [2.05, 4.69) is 23.7 Å². The summed E-state index contributed by atoms with van der Waals surface area (Å²) in [7, 11) is 0. The maximum atomic E-state index is 10.7. The smallest absolute Gasteiger partial charge is 0.355 e. The molecule has 0 amide bonds. The number of hydrogen-bond donors (Lipinski definition) is 1. The van der Waals surface area contributed by atoms with E-state index in [1.54, 1.807) is 5.38 Å². The molecule has 1 N–H and O–H groups in total. The van der Waals surface area contributed by atoms with Crippen LogP contribution in [0.25, 0.3) is 0 Å². The Balaban J connectivity index is 1.99. The molecule has 0 saturated carbocycles. The maximum absolute atomic E-state index is 10.7. The first-order chi connectivity index (χ1) is 7.61. The van der Waals surface area contributed by atoms with Gasteiger partial charge in [0.1, 0.15) is 5.01 Å². The average Bonchev–Trinajstić information content (AvgIpc) is 2.64. The van der Waals surface area contributed by atoms with Crippen molar-refractivity contribution in [2.24, 2.45) is 5.92 Å². The zero-order valence-corrected chi connectivity index (χ0v) is 10.3. The highest BCUT2D eigenvalue weighted by Crippen LogP contribution is 2.31. The van der Waals surface area contributed by atoms with Gasteiger partial charge in [-0.3, -0.25) is 4.90 Å². The number of hydrogen-bond acceptors (Lipinski definition) is 4. The molecule has 1 aromatic heterocycles. The molecule has 1 saturated heterocycles. The topological polar surface area (TPSA) is 53.4 Å². The molecule has 2 heterocycles. The van der Waals surface area contributed by atoms with Gasteiger partial charge in [0.15, 0.2) is 5.69 Å². The molecule has 0 spiro atoms. The molecule has 4 nitrogen and oxygen atoms in total. The Hall–Kier alpha value is -0.940. The summed E-state index contributed by atoms with van der Waals surface area (Å²) in [5, 5.41) is 11.3. The molecule has 1 aliphatic heterocycles. The number of nitrogens with zero attached hydrogens (tertiary/aromatic N) is 2. The quantitative estimate of drug-likeness (QED) is 0.877. The number of aromatic carboxylic acids is 1. The van der Waals surface area contributed by atoms with Crippen molar-refractivity contribution in [3.63, 3.8) is 0 Å². The highest BCUT2D eigenvalue weighted by molar-refractivity contribution is 7.09. The lowest BCUT2D eigenvalue weighted by molar-refractivity contribution is 0.0572. The zero-order chi connectivity index (χ0) is 11.7. The Morgan fingerprint density at radius 3 is 2.94 bits per heavy atom. The Morgan fingerprint density at radius 1 is 1.75 bits per heavy atom. The Labute approximate surface area is 98.9 Å². The molecule has 1 unspecified atom stereocenters. The third-order valence-corrected chi connectivity index (χ3v) is 4.22. The molecule has 0 aliphatic carbocycles. The molecule has 1 aliphatic rings. The molecule has 88 valence electrons. The predicted molar refractivity (Wildman–Crippen MR) is 62.8 cm³/mol. The minimum absolute atomic E-state index is 0.166. The van der Waals surface area contributed by atoms with Crippen LogP contribution in [0.1, 0.15) is 41.8 Å². The first-order valence-corrected chi connectivity index (χ1v) is 6.42. The summed E-state index contributed by atoms with van der Waals surface area (Å²) >= 11 is 1.44. The predicted octanol–water partition coefficient (Wildman–Crippen LogP) is 2.24. The van der Waals surface area contributed by atoms with Crippen LogP contribution in [0, 0.1) is 5.92 Å². The van der Waals surface area contributed by atoms with Crippen molar-refractivity contribution >= 4 is 17.3 Å². The Kier molecular flexibility index (Phi) is 3.25. The van der Waals surface area contributed by atoms with Gasteiger partial charge in [-0.15, -0.1) is 11.3 Å². The van der Waals surface area contributed by atoms with Crippen LogP contribution in [0.15, 0.2) is 5.38 Å². The third-order valence-electron chi connectivity index (χ3n) is 3.21. The summed E-state index contributed by atoms with van der Waals surface area (Å²) in [5.41, 5.74) is 0.166. The van der Waals surface area contributed by atoms with Crippen molar-refractivity contribution < 1.29 is 9.90 Å². The second-order valence-corrected chi connectivity index (χ2v) is 5.17. The van der Waals surface area contributed by atoms with E-state index in [9.17, 15) is 4.79 Å². The monoisotopic (exact) mass is 240 g/mol. The fourth-order valence-electron chi connectivity index (χ4n) is 1.92. The van der Waals surface area contributed by atoms with Crippen LogP contribution in [-0.2, 0) is 0 Å². The summed E-state index contributed by atoms with van der Waals surface area (Å²) in [6, 6.07) is 0.251. The summed E-state index contributed by atoms with van der Waals surface area (Å²) in [5.74, 6) is -0.133. The van der Waals surface area contributed by atoms with E-state index >= 15 is 0 Å². The van der Waals surface area contributed by atoms with Gasteiger partial charge in [-0.1, -0.05) is 13.3 Å². The van der Waals surface area contributed by atoms with Crippen molar-refractivity contribution in [3.8, 4) is 0 Å². The van der Waals surface area contributed by atoms with E-state index in [1.807, 2.05) is 0 Å². The van der Waals surface area contributed by atoms with Gasteiger partial charge in [-0.05, 0) is 12.8 Å². The highest BCUT2D eigenvalue weighted by atomic mass is 32.1. The molecule has 5 heteroatoms. The Morgan fingerprint density at radius 2 is 2.44 bits per heavy atom. The molecular weight excluding hydrogens is 224 g/mol. The largest absolute Gasteiger partial charge is 0.476 e. The molecule has 2 rings (SSSR count). The molecule has 1 atom stereocenters. The minimum atomic E-state index is -0.940. The SMILES string of the molecule is CCC1CN(C(C)c2nc(C(=O)O)cs2)C1.